The van der Waals surface area contributed by atoms with Crippen LogP contribution in [0.25, 0.3) is 0 Å². The van der Waals surface area contributed by atoms with Crippen LogP contribution in [0.5, 0.6) is 6.01 Å². The van der Waals surface area contributed by atoms with Gasteiger partial charge in [0.2, 0.25) is 11.9 Å². The number of aromatic nitrogens is 4. The van der Waals surface area contributed by atoms with Crippen molar-refractivity contribution in [2.75, 3.05) is 10.7 Å². The van der Waals surface area contributed by atoms with Gasteiger partial charge in [-0.1, -0.05) is 6.07 Å². The Morgan fingerprint density at radius 3 is 2.70 bits per heavy atom. The molecular formula is C12H17N7O. The van der Waals surface area contributed by atoms with E-state index in [0.29, 0.717) is 12.5 Å². The SMILES string of the molecule is CC(C)Oc1nc(NN)nc(NCc2cccnc2)n1. The summed E-state index contributed by atoms with van der Waals surface area (Å²) in [6, 6.07) is 4.04. The lowest BCUT2D eigenvalue weighted by Crippen LogP contribution is -2.16. The number of ether oxygens (including phenoxy) is 1. The van der Waals surface area contributed by atoms with Crippen molar-refractivity contribution in [3.05, 3.63) is 30.1 Å². The van der Waals surface area contributed by atoms with Crippen LogP contribution in [0, 0.1) is 0 Å². The van der Waals surface area contributed by atoms with Crippen LogP contribution in [0.1, 0.15) is 19.4 Å². The molecule has 0 bridgehead atoms. The van der Waals surface area contributed by atoms with Crippen LogP contribution in [0.3, 0.4) is 0 Å². The van der Waals surface area contributed by atoms with Gasteiger partial charge in [-0.3, -0.25) is 10.4 Å². The first-order valence-electron chi connectivity index (χ1n) is 6.19. The number of nitrogens with two attached hydrogens (primary N) is 1. The van der Waals surface area contributed by atoms with Gasteiger partial charge in [0.05, 0.1) is 6.10 Å². The molecule has 0 aromatic carbocycles. The molecule has 0 radical (unpaired) electrons. The Labute approximate surface area is 116 Å². The molecule has 8 heteroatoms. The fourth-order valence-corrected chi connectivity index (χ4v) is 1.45. The van der Waals surface area contributed by atoms with E-state index in [1.165, 1.54) is 0 Å². The lowest BCUT2D eigenvalue weighted by molar-refractivity contribution is 0.222. The van der Waals surface area contributed by atoms with Crippen LogP contribution in [-0.4, -0.2) is 26.0 Å². The van der Waals surface area contributed by atoms with Crippen molar-refractivity contribution < 1.29 is 4.74 Å². The van der Waals surface area contributed by atoms with Gasteiger partial charge in [-0.25, -0.2) is 5.84 Å². The summed E-state index contributed by atoms with van der Waals surface area (Å²) in [7, 11) is 0. The molecular weight excluding hydrogens is 258 g/mol. The minimum absolute atomic E-state index is 0.0332. The van der Waals surface area contributed by atoms with E-state index in [-0.39, 0.29) is 18.1 Å². The first-order valence-corrected chi connectivity index (χ1v) is 6.19. The molecule has 8 nitrogen and oxygen atoms in total. The van der Waals surface area contributed by atoms with E-state index in [0.717, 1.165) is 5.56 Å². The highest BCUT2D eigenvalue weighted by molar-refractivity contribution is 5.35. The van der Waals surface area contributed by atoms with Crippen molar-refractivity contribution >= 4 is 11.9 Å². The Bertz CT molecular complexity index is 547. The van der Waals surface area contributed by atoms with Crippen molar-refractivity contribution in [2.45, 2.75) is 26.5 Å². The van der Waals surface area contributed by atoms with Gasteiger partial charge in [-0.15, -0.1) is 0 Å². The smallest absolute Gasteiger partial charge is 0.323 e. The number of hydrogen-bond donors (Lipinski definition) is 3. The van der Waals surface area contributed by atoms with Gasteiger partial charge in [0.25, 0.3) is 0 Å². The Balaban J connectivity index is 2.10. The zero-order chi connectivity index (χ0) is 14.4. The summed E-state index contributed by atoms with van der Waals surface area (Å²) in [5.74, 6) is 5.95. The predicted octanol–water partition coefficient (Wildman–Crippen LogP) is 0.951. The van der Waals surface area contributed by atoms with Crippen LogP contribution in [0.2, 0.25) is 0 Å². The van der Waals surface area contributed by atoms with E-state index in [9.17, 15) is 0 Å². The van der Waals surface area contributed by atoms with Gasteiger partial charge in [0.1, 0.15) is 0 Å². The average Bonchev–Trinajstić information content (AvgIpc) is 2.45. The minimum Gasteiger partial charge on any atom is -0.461 e. The van der Waals surface area contributed by atoms with Crippen LogP contribution in [-0.2, 0) is 6.54 Å². The van der Waals surface area contributed by atoms with Crippen molar-refractivity contribution in [3.63, 3.8) is 0 Å². The zero-order valence-electron chi connectivity index (χ0n) is 11.4. The molecule has 2 heterocycles. The summed E-state index contributed by atoms with van der Waals surface area (Å²) in [6.45, 7) is 4.33. The molecule has 0 unspecified atom stereocenters. The zero-order valence-corrected chi connectivity index (χ0v) is 11.4. The van der Waals surface area contributed by atoms with Gasteiger partial charge in [0.15, 0.2) is 0 Å². The predicted molar refractivity (Wildman–Crippen MR) is 75.0 cm³/mol. The van der Waals surface area contributed by atoms with Gasteiger partial charge < -0.3 is 10.1 Å². The number of nitrogens with one attached hydrogen (secondary N) is 2. The molecule has 0 atom stereocenters. The first kappa shape index (κ1) is 13.9. The van der Waals surface area contributed by atoms with Gasteiger partial charge in [-0.05, 0) is 25.5 Å². The number of anilines is 2. The molecule has 0 amide bonds. The standard InChI is InChI=1S/C12H17N7O/c1-8(2)20-12-17-10(16-11(18-12)19-13)15-7-9-4-3-5-14-6-9/h3-6,8H,7,13H2,1-2H3,(H2,15,16,17,18,19). The summed E-state index contributed by atoms with van der Waals surface area (Å²) < 4.78 is 5.44. The monoisotopic (exact) mass is 275 g/mol. The molecule has 0 aliphatic carbocycles. The number of nitrogen functional groups attached to an aromatic ring is 1. The third-order valence-electron chi connectivity index (χ3n) is 2.26. The third-order valence-corrected chi connectivity index (χ3v) is 2.26. The quantitative estimate of drug-likeness (QED) is 0.528. The normalized spacial score (nSPS) is 10.4. The Kier molecular flexibility index (Phi) is 4.61. The Hall–Kier alpha value is -2.48. The summed E-state index contributed by atoms with van der Waals surface area (Å²) in [5.41, 5.74) is 3.40. The second-order valence-corrected chi connectivity index (χ2v) is 4.29. The fraction of sp³-hybridized carbons (Fsp3) is 0.333. The molecule has 20 heavy (non-hydrogen) atoms. The lowest BCUT2D eigenvalue weighted by Gasteiger charge is -2.11. The maximum Gasteiger partial charge on any atom is 0.323 e. The Morgan fingerprint density at radius 1 is 1.25 bits per heavy atom. The molecule has 2 aromatic rings. The fourth-order valence-electron chi connectivity index (χ4n) is 1.45. The summed E-state index contributed by atoms with van der Waals surface area (Å²) in [4.78, 5) is 16.3. The Morgan fingerprint density at radius 2 is 2.05 bits per heavy atom. The number of pyridine rings is 1. The minimum atomic E-state index is -0.0332. The molecule has 0 spiro atoms. The van der Waals surface area contributed by atoms with Crippen molar-refractivity contribution in [2.24, 2.45) is 5.84 Å². The number of hydrogen-bond acceptors (Lipinski definition) is 8. The van der Waals surface area contributed by atoms with Crippen LogP contribution >= 0.6 is 0 Å². The molecule has 2 aromatic heterocycles. The highest BCUT2D eigenvalue weighted by atomic mass is 16.5. The largest absolute Gasteiger partial charge is 0.461 e. The molecule has 0 aliphatic rings. The maximum absolute atomic E-state index is 5.44. The van der Waals surface area contributed by atoms with Gasteiger partial charge >= 0.3 is 6.01 Å². The van der Waals surface area contributed by atoms with Gasteiger partial charge in [-0.2, -0.15) is 15.0 Å². The molecule has 0 fully saturated rings. The van der Waals surface area contributed by atoms with E-state index in [1.807, 2.05) is 26.0 Å². The van der Waals surface area contributed by atoms with Gasteiger partial charge in [0, 0.05) is 18.9 Å². The van der Waals surface area contributed by atoms with Crippen LogP contribution < -0.4 is 21.3 Å². The summed E-state index contributed by atoms with van der Waals surface area (Å²) >= 11 is 0. The average molecular weight is 275 g/mol. The van der Waals surface area contributed by atoms with E-state index < -0.39 is 0 Å². The molecule has 4 N–H and O–H groups in total. The first-order chi connectivity index (χ1) is 9.67. The lowest BCUT2D eigenvalue weighted by atomic mass is 10.3. The topological polar surface area (TPSA) is 111 Å². The van der Waals surface area contributed by atoms with E-state index in [2.05, 4.69) is 30.7 Å². The highest BCUT2D eigenvalue weighted by Crippen LogP contribution is 2.12. The molecule has 0 saturated heterocycles. The van der Waals surface area contributed by atoms with Crippen molar-refractivity contribution in [1.82, 2.24) is 19.9 Å². The van der Waals surface area contributed by atoms with Crippen LogP contribution in [0.4, 0.5) is 11.9 Å². The summed E-state index contributed by atoms with van der Waals surface area (Å²) in [5, 5.41) is 3.07. The van der Waals surface area contributed by atoms with E-state index >= 15 is 0 Å². The number of rotatable bonds is 6. The van der Waals surface area contributed by atoms with Crippen molar-refractivity contribution in [1.29, 1.82) is 0 Å². The van der Waals surface area contributed by atoms with Crippen LogP contribution in [0.15, 0.2) is 24.5 Å². The molecule has 0 saturated carbocycles. The second kappa shape index (κ2) is 6.62. The van der Waals surface area contributed by atoms with E-state index in [1.54, 1.807) is 12.4 Å². The highest BCUT2D eigenvalue weighted by Gasteiger charge is 2.08. The summed E-state index contributed by atoms with van der Waals surface area (Å²) in [6.07, 6.45) is 3.45. The third kappa shape index (κ3) is 4.02. The molecule has 2 rings (SSSR count). The maximum atomic E-state index is 5.44. The van der Waals surface area contributed by atoms with Crippen molar-refractivity contribution in [3.8, 4) is 6.01 Å². The molecule has 106 valence electrons. The molecule has 0 aliphatic heterocycles. The van der Waals surface area contributed by atoms with E-state index in [4.69, 9.17) is 10.6 Å². The second-order valence-electron chi connectivity index (χ2n) is 4.29. The number of hydrazine groups is 1. The number of nitrogens with zero attached hydrogens (tertiary/aromatic N) is 4.